The van der Waals surface area contributed by atoms with E-state index >= 15 is 0 Å². The molecule has 1 aromatic rings. The first kappa shape index (κ1) is 12.2. The molecule has 0 saturated heterocycles. The molecule has 1 heterocycles. The summed E-state index contributed by atoms with van der Waals surface area (Å²) >= 11 is 0. The summed E-state index contributed by atoms with van der Waals surface area (Å²) in [4.78, 5) is 4.57. The number of nitrogens with zero attached hydrogens (tertiary/aromatic N) is 1. The Morgan fingerprint density at radius 3 is 2.00 bits per heavy atom. The second-order valence-corrected chi connectivity index (χ2v) is 5.75. The van der Waals surface area contributed by atoms with Crippen LogP contribution in [0.1, 0.15) is 58.7 Å². The average molecular weight is 205 g/mol. The van der Waals surface area contributed by atoms with E-state index in [0.29, 0.717) is 11.8 Å². The molecule has 0 bridgehead atoms. The van der Waals surface area contributed by atoms with Crippen LogP contribution in [-0.2, 0) is 5.41 Å². The van der Waals surface area contributed by atoms with Crippen LogP contribution in [0.2, 0.25) is 0 Å². The van der Waals surface area contributed by atoms with E-state index in [0.717, 1.165) is 0 Å². The first-order valence-corrected chi connectivity index (χ1v) is 5.79. The van der Waals surface area contributed by atoms with Gasteiger partial charge in [-0.1, -0.05) is 47.6 Å². The van der Waals surface area contributed by atoms with Gasteiger partial charge in [-0.05, 0) is 23.0 Å². The third kappa shape index (κ3) is 3.05. The molecule has 0 aliphatic heterocycles. The van der Waals surface area contributed by atoms with E-state index in [2.05, 4.69) is 58.7 Å². The Hall–Kier alpha value is -0.850. The lowest BCUT2D eigenvalue weighted by Crippen LogP contribution is -2.12. The van der Waals surface area contributed by atoms with Gasteiger partial charge in [0.2, 0.25) is 0 Å². The van der Waals surface area contributed by atoms with Crippen molar-refractivity contribution >= 4 is 0 Å². The summed E-state index contributed by atoms with van der Waals surface area (Å²) in [5.41, 5.74) is 2.72. The van der Waals surface area contributed by atoms with Crippen LogP contribution in [0.3, 0.4) is 0 Å². The standard InChI is InChI=1S/C14H23N/c1-10(2)11(3)13-8-7-12(9-15-13)14(4,5)6/h7-11H,1-6H3/t11-/m1/s1. The van der Waals surface area contributed by atoms with Gasteiger partial charge in [0.25, 0.3) is 0 Å². The maximum Gasteiger partial charge on any atom is 0.0434 e. The fourth-order valence-corrected chi connectivity index (χ4v) is 1.46. The molecular weight excluding hydrogens is 182 g/mol. The van der Waals surface area contributed by atoms with Gasteiger partial charge in [0, 0.05) is 17.8 Å². The number of hydrogen-bond acceptors (Lipinski definition) is 1. The first-order valence-electron chi connectivity index (χ1n) is 5.79. The van der Waals surface area contributed by atoms with E-state index in [4.69, 9.17) is 0 Å². The Bertz CT molecular complexity index is 303. The smallest absolute Gasteiger partial charge is 0.0434 e. The van der Waals surface area contributed by atoms with Crippen LogP contribution < -0.4 is 0 Å². The van der Waals surface area contributed by atoms with Crippen molar-refractivity contribution in [3.8, 4) is 0 Å². The molecule has 1 atom stereocenters. The van der Waals surface area contributed by atoms with E-state index in [-0.39, 0.29) is 5.41 Å². The molecule has 0 amide bonds. The summed E-state index contributed by atoms with van der Waals surface area (Å²) in [5, 5.41) is 0. The van der Waals surface area contributed by atoms with Gasteiger partial charge >= 0.3 is 0 Å². The normalized spacial score (nSPS) is 14.3. The van der Waals surface area contributed by atoms with Gasteiger partial charge in [-0.15, -0.1) is 0 Å². The quantitative estimate of drug-likeness (QED) is 0.707. The fourth-order valence-electron chi connectivity index (χ4n) is 1.46. The molecule has 84 valence electrons. The third-order valence-corrected chi connectivity index (χ3v) is 3.12. The molecule has 1 aromatic heterocycles. The van der Waals surface area contributed by atoms with E-state index in [9.17, 15) is 0 Å². The lowest BCUT2D eigenvalue weighted by molar-refractivity contribution is 0.521. The summed E-state index contributed by atoms with van der Waals surface area (Å²) in [7, 11) is 0. The van der Waals surface area contributed by atoms with Gasteiger partial charge in [0.05, 0.1) is 0 Å². The maximum absolute atomic E-state index is 4.57. The second kappa shape index (κ2) is 4.34. The zero-order valence-corrected chi connectivity index (χ0v) is 10.8. The van der Waals surface area contributed by atoms with Crippen molar-refractivity contribution in [2.75, 3.05) is 0 Å². The Balaban J connectivity index is 2.91. The fraction of sp³-hybridized carbons (Fsp3) is 0.643. The lowest BCUT2D eigenvalue weighted by atomic mass is 9.87. The molecule has 1 heteroatoms. The van der Waals surface area contributed by atoms with Crippen LogP contribution >= 0.6 is 0 Å². The topological polar surface area (TPSA) is 12.9 Å². The number of aromatic nitrogens is 1. The van der Waals surface area contributed by atoms with Crippen LogP contribution in [0.25, 0.3) is 0 Å². The minimum atomic E-state index is 0.201. The van der Waals surface area contributed by atoms with Gasteiger partial charge in [-0.25, -0.2) is 0 Å². The van der Waals surface area contributed by atoms with Crippen molar-refractivity contribution in [3.05, 3.63) is 29.6 Å². The molecule has 0 aliphatic carbocycles. The van der Waals surface area contributed by atoms with Crippen LogP contribution in [-0.4, -0.2) is 4.98 Å². The van der Waals surface area contributed by atoms with Crippen molar-refractivity contribution in [3.63, 3.8) is 0 Å². The molecule has 0 saturated carbocycles. The zero-order chi connectivity index (χ0) is 11.6. The summed E-state index contributed by atoms with van der Waals surface area (Å²) < 4.78 is 0. The Kier molecular flexibility index (Phi) is 3.54. The molecule has 0 N–H and O–H groups in total. The van der Waals surface area contributed by atoms with Gasteiger partial charge in [-0.3, -0.25) is 4.98 Å². The van der Waals surface area contributed by atoms with Gasteiger partial charge in [0.1, 0.15) is 0 Å². The van der Waals surface area contributed by atoms with Gasteiger partial charge in [0.15, 0.2) is 0 Å². The molecule has 1 nitrogen and oxygen atoms in total. The Morgan fingerprint density at radius 2 is 1.67 bits per heavy atom. The van der Waals surface area contributed by atoms with Crippen LogP contribution in [0.4, 0.5) is 0 Å². The number of pyridine rings is 1. The van der Waals surface area contributed by atoms with Gasteiger partial charge in [-0.2, -0.15) is 0 Å². The molecule has 1 rings (SSSR count). The SMILES string of the molecule is CC(C)[C@@H](C)c1ccc(C(C)(C)C)cn1. The van der Waals surface area contributed by atoms with Crippen LogP contribution in [0.5, 0.6) is 0 Å². The zero-order valence-electron chi connectivity index (χ0n) is 10.8. The molecule has 0 spiro atoms. The largest absolute Gasteiger partial charge is 0.261 e. The highest BCUT2D eigenvalue weighted by atomic mass is 14.7. The van der Waals surface area contributed by atoms with Crippen LogP contribution in [0.15, 0.2) is 18.3 Å². The average Bonchev–Trinajstić information content (AvgIpc) is 2.15. The molecule has 0 fully saturated rings. The minimum absolute atomic E-state index is 0.201. The maximum atomic E-state index is 4.57. The second-order valence-electron chi connectivity index (χ2n) is 5.75. The molecule has 15 heavy (non-hydrogen) atoms. The highest BCUT2D eigenvalue weighted by Crippen LogP contribution is 2.25. The Labute approximate surface area is 93.9 Å². The van der Waals surface area contributed by atoms with E-state index in [1.807, 2.05) is 6.20 Å². The van der Waals surface area contributed by atoms with Crippen molar-refractivity contribution in [1.82, 2.24) is 4.98 Å². The summed E-state index contributed by atoms with van der Waals surface area (Å²) in [5.74, 6) is 1.19. The third-order valence-electron chi connectivity index (χ3n) is 3.12. The van der Waals surface area contributed by atoms with Crippen LogP contribution in [0, 0.1) is 5.92 Å². The highest BCUT2D eigenvalue weighted by molar-refractivity contribution is 5.22. The minimum Gasteiger partial charge on any atom is -0.261 e. The Morgan fingerprint density at radius 1 is 1.07 bits per heavy atom. The molecular formula is C14H23N. The van der Waals surface area contributed by atoms with Crippen molar-refractivity contribution in [2.45, 2.75) is 52.9 Å². The number of hydrogen-bond donors (Lipinski definition) is 0. The highest BCUT2D eigenvalue weighted by Gasteiger charge is 2.16. The summed E-state index contributed by atoms with van der Waals surface area (Å²) in [6.07, 6.45) is 2.02. The van der Waals surface area contributed by atoms with Gasteiger partial charge < -0.3 is 0 Å². The van der Waals surface area contributed by atoms with E-state index < -0.39 is 0 Å². The van der Waals surface area contributed by atoms with Crippen molar-refractivity contribution < 1.29 is 0 Å². The monoisotopic (exact) mass is 205 g/mol. The number of rotatable bonds is 2. The van der Waals surface area contributed by atoms with E-state index in [1.54, 1.807) is 0 Å². The lowest BCUT2D eigenvalue weighted by Gasteiger charge is -2.20. The summed E-state index contributed by atoms with van der Waals surface area (Å²) in [6, 6.07) is 4.38. The predicted molar refractivity (Wildman–Crippen MR) is 66.2 cm³/mol. The summed E-state index contributed by atoms with van der Waals surface area (Å²) in [6.45, 7) is 13.4. The molecule has 0 aliphatic rings. The molecule has 0 unspecified atom stereocenters. The predicted octanol–water partition coefficient (Wildman–Crippen LogP) is 4.14. The molecule has 0 aromatic carbocycles. The first-order chi connectivity index (χ1) is 6.82. The molecule has 0 radical (unpaired) electrons. The van der Waals surface area contributed by atoms with Crippen molar-refractivity contribution in [1.29, 1.82) is 0 Å². The van der Waals surface area contributed by atoms with E-state index in [1.165, 1.54) is 11.3 Å². The van der Waals surface area contributed by atoms with Crippen molar-refractivity contribution in [2.24, 2.45) is 5.92 Å².